The third-order valence-electron chi connectivity index (χ3n) is 4.51. The first kappa shape index (κ1) is 10.9. The van der Waals surface area contributed by atoms with Crippen molar-refractivity contribution in [3.63, 3.8) is 0 Å². The molecule has 1 atom stereocenters. The van der Waals surface area contributed by atoms with Crippen molar-refractivity contribution in [2.24, 2.45) is 0 Å². The van der Waals surface area contributed by atoms with E-state index in [0.717, 1.165) is 6.42 Å². The minimum absolute atomic E-state index is 0.452. The Bertz CT molecular complexity index is 675. The van der Waals surface area contributed by atoms with Crippen molar-refractivity contribution in [3.05, 3.63) is 53.1 Å². The largest absolute Gasteiger partial charge is 0.352 e. The van der Waals surface area contributed by atoms with Crippen LogP contribution < -0.4 is 9.80 Å². The molecule has 2 aliphatic heterocycles. The van der Waals surface area contributed by atoms with Gasteiger partial charge < -0.3 is 9.80 Å². The topological polar surface area (TPSA) is 6.48 Å². The van der Waals surface area contributed by atoms with Gasteiger partial charge in [0.05, 0.1) is 11.4 Å². The standard InChI is InChI=1S/C17H18N2/c1-11-8-12(2)13-10-17-18(3)14-6-4-5-7-15(14)19(17)16(13)9-11/h4-9,17H,10H2,1-3H3. The number of likely N-dealkylation sites (N-methyl/N-ethyl adjacent to an activating group) is 1. The summed E-state index contributed by atoms with van der Waals surface area (Å²) in [4.78, 5) is 4.91. The number of fused-ring (bicyclic) bond motifs is 5. The van der Waals surface area contributed by atoms with Gasteiger partial charge in [0, 0.05) is 19.2 Å². The van der Waals surface area contributed by atoms with E-state index in [1.165, 1.54) is 33.8 Å². The molecule has 96 valence electrons. The third kappa shape index (κ3) is 1.31. The number of para-hydroxylation sites is 2. The summed E-state index contributed by atoms with van der Waals surface area (Å²) < 4.78 is 0. The first-order valence-corrected chi connectivity index (χ1v) is 6.88. The average molecular weight is 250 g/mol. The van der Waals surface area contributed by atoms with Crippen molar-refractivity contribution in [2.75, 3.05) is 16.8 Å². The van der Waals surface area contributed by atoms with E-state index in [4.69, 9.17) is 0 Å². The molecule has 0 N–H and O–H groups in total. The van der Waals surface area contributed by atoms with Crippen molar-refractivity contribution in [2.45, 2.75) is 26.4 Å². The van der Waals surface area contributed by atoms with Crippen LogP contribution in [-0.4, -0.2) is 13.2 Å². The summed E-state index contributed by atoms with van der Waals surface area (Å²) in [6.45, 7) is 4.42. The lowest BCUT2D eigenvalue weighted by Gasteiger charge is -2.23. The molecule has 0 saturated carbocycles. The fourth-order valence-electron chi connectivity index (χ4n) is 3.62. The molecule has 2 heterocycles. The molecule has 0 aliphatic carbocycles. The number of hydrogen-bond acceptors (Lipinski definition) is 2. The van der Waals surface area contributed by atoms with Gasteiger partial charge in [0.15, 0.2) is 0 Å². The van der Waals surface area contributed by atoms with Crippen LogP contribution in [0.5, 0.6) is 0 Å². The molecule has 2 aromatic rings. The van der Waals surface area contributed by atoms with Crippen molar-refractivity contribution >= 4 is 17.1 Å². The maximum Gasteiger partial charge on any atom is 0.110 e. The van der Waals surface area contributed by atoms with Crippen LogP contribution in [0.1, 0.15) is 16.7 Å². The number of nitrogens with zero attached hydrogens (tertiary/aromatic N) is 2. The zero-order chi connectivity index (χ0) is 13.1. The highest BCUT2D eigenvalue weighted by atomic mass is 15.4. The summed E-state index contributed by atoms with van der Waals surface area (Å²) in [6, 6.07) is 13.3. The molecule has 0 spiro atoms. The van der Waals surface area contributed by atoms with Crippen LogP contribution in [0.3, 0.4) is 0 Å². The Labute approximate surface area is 114 Å². The van der Waals surface area contributed by atoms with Crippen molar-refractivity contribution < 1.29 is 0 Å². The van der Waals surface area contributed by atoms with E-state index >= 15 is 0 Å². The Morgan fingerprint density at radius 1 is 1.00 bits per heavy atom. The van der Waals surface area contributed by atoms with E-state index in [1.807, 2.05) is 0 Å². The zero-order valence-corrected chi connectivity index (χ0v) is 11.6. The third-order valence-corrected chi connectivity index (χ3v) is 4.51. The van der Waals surface area contributed by atoms with E-state index in [-0.39, 0.29) is 0 Å². The lowest BCUT2D eigenvalue weighted by molar-refractivity contribution is 0.702. The van der Waals surface area contributed by atoms with Gasteiger partial charge in [-0.25, -0.2) is 0 Å². The minimum atomic E-state index is 0.452. The summed E-state index contributed by atoms with van der Waals surface area (Å²) in [5.41, 5.74) is 8.38. The molecule has 0 bridgehead atoms. The molecule has 0 radical (unpaired) electrons. The lowest BCUT2D eigenvalue weighted by atomic mass is 10.0. The second-order valence-corrected chi connectivity index (χ2v) is 5.73. The van der Waals surface area contributed by atoms with Gasteiger partial charge in [-0.05, 0) is 48.7 Å². The van der Waals surface area contributed by atoms with Gasteiger partial charge in [0.25, 0.3) is 0 Å². The summed E-state index contributed by atoms with van der Waals surface area (Å²) in [5, 5.41) is 0. The highest BCUT2D eigenvalue weighted by Gasteiger charge is 2.40. The van der Waals surface area contributed by atoms with Gasteiger partial charge in [-0.1, -0.05) is 18.2 Å². The van der Waals surface area contributed by atoms with Crippen LogP contribution >= 0.6 is 0 Å². The van der Waals surface area contributed by atoms with Gasteiger partial charge in [-0.15, -0.1) is 0 Å². The Morgan fingerprint density at radius 2 is 1.74 bits per heavy atom. The van der Waals surface area contributed by atoms with E-state index in [9.17, 15) is 0 Å². The number of rotatable bonds is 0. The SMILES string of the molecule is Cc1cc(C)c2c(c1)N1c3ccccc3N(C)C1C2. The summed E-state index contributed by atoms with van der Waals surface area (Å²) >= 11 is 0. The molecule has 0 aromatic heterocycles. The van der Waals surface area contributed by atoms with E-state index in [1.54, 1.807) is 0 Å². The van der Waals surface area contributed by atoms with E-state index in [0.29, 0.717) is 6.17 Å². The maximum atomic E-state index is 2.50. The van der Waals surface area contributed by atoms with Gasteiger partial charge in [-0.3, -0.25) is 0 Å². The molecular formula is C17H18N2. The molecule has 1 unspecified atom stereocenters. The van der Waals surface area contributed by atoms with Crippen LogP contribution in [0, 0.1) is 13.8 Å². The number of hydrogen-bond donors (Lipinski definition) is 0. The van der Waals surface area contributed by atoms with Crippen molar-refractivity contribution in [3.8, 4) is 0 Å². The molecular weight excluding hydrogens is 232 g/mol. The molecule has 2 aliphatic rings. The normalized spacial score (nSPS) is 19.4. The zero-order valence-electron chi connectivity index (χ0n) is 11.6. The van der Waals surface area contributed by atoms with Gasteiger partial charge >= 0.3 is 0 Å². The molecule has 2 aromatic carbocycles. The van der Waals surface area contributed by atoms with E-state index in [2.05, 4.69) is 67.1 Å². The van der Waals surface area contributed by atoms with Crippen LogP contribution in [0.2, 0.25) is 0 Å². The molecule has 2 heteroatoms. The Morgan fingerprint density at radius 3 is 2.53 bits per heavy atom. The first-order valence-electron chi connectivity index (χ1n) is 6.88. The molecule has 0 fully saturated rings. The van der Waals surface area contributed by atoms with Crippen molar-refractivity contribution in [1.82, 2.24) is 0 Å². The van der Waals surface area contributed by atoms with Crippen LogP contribution in [0.15, 0.2) is 36.4 Å². The summed E-state index contributed by atoms with van der Waals surface area (Å²) in [6.07, 6.45) is 1.57. The highest BCUT2D eigenvalue weighted by molar-refractivity contribution is 5.87. The Hall–Kier alpha value is -1.96. The quantitative estimate of drug-likeness (QED) is 0.702. The molecule has 19 heavy (non-hydrogen) atoms. The maximum absolute atomic E-state index is 2.50. The number of anilines is 3. The molecule has 0 saturated heterocycles. The number of benzene rings is 2. The smallest absolute Gasteiger partial charge is 0.110 e. The predicted octanol–water partition coefficient (Wildman–Crippen LogP) is 3.77. The average Bonchev–Trinajstić information content (AvgIpc) is 2.88. The molecule has 0 amide bonds. The lowest BCUT2D eigenvalue weighted by Crippen LogP contribution is -2.36. The number of aryl methyl sites for hydroxylation is 2. The monoisotopic (exact) mass is 250 g/mol. The molecule has 2 nitrogen and oxygen atoms in total. The van der Waals surface area contributed by atoms with Gasteiger partial charge in [0.2, 0.25) is 0 Å². The van der Waals surface area contributed by atoms with E-state index < -0.39 is 0 Å². The highest BCUT2D eigenvalue weighted by Crippen LogP contribution is 2.50. The first-order chi connectivity index (χ1) is 9.16. The van der Waals surface area contributed by atoms with Crippen LogP contribution in [0.25, 0.3) is 0 Å². The molecule has 4 rings (SSSR count). The summed E-state index contributed by atoms with van der Waals surface area (Å²) in [5.74, 6) is 0. The van der Waals surface area contributed by atoms with Crippen LogP contribution in [0.4, 0.5) is 17.1 Å². The van der Waals surface area contributed by atoms with Crippen LogP contribution in [-0.2, 0) is 6.42 Å². The fourth-order valence-corrected chi connectivity index (χ4v) is 3.62. The minimum Gasteiger partial charge on any atom is -0.352 e. The fraction of sp³-hybridized carbons (Fsp3) is 0.294. The second kappa shape index (κ2) is 3.53. The predicted molar refractivity (Wildman–Crippen MR) is 80.4 cm³/mol. The van der Waals surface area contributed by atoms with Gasteiger partial charge in [-0.2, -0.15) is 0 Å². The van der Waals surface area contributed by atoms with Gasteiger partial charge in [0.1, 0.15) is 6.17 Å². The Balaban J connectivity index is 1.96. The second-order valence-electron chi connectivity index (χ2n) is 5.73. The summed E-state index contributed by atoms with van der Waals surface area (Å²) in [7, 11) is 2.21. The van der Waals surface area contributed by atoms with Crippen molar-refractivity contribution in [1.29, 1.82) is 0 Å². The Kier molecular flexibility index (Phi) is 2.03.